The van der Waals surface area contributed by atoms with Crippen molar-refractivity contribution in [3.8, 4) is 0 Å². The van der Waals surface area contributed by atoms with Crippen molar-refractivity contribution in [2.24, 2.45) is 0 Å². The zero-order valence-electron chi connectivity index (χ0n) is 7.94. The minimum absolute atomic E-state index is 0.618. The molecule has 0 spiro atoms. The van der Waals surface area contributed by atoms with E-state index in [4.69, 9.17) is 0 Å². The predicted octanol–water partition coefficient (Wildman–Crippen LogP) is 3.38. The molecule has 0 aliphatic heterocycles. The second kappa shape index (κ2) is 8.13. The van der Waals surface area contributed by atoms with E-state index in [1.54, 1.807) is 0 Å². The van der Waals surface area contributed by atoms with Gasteiger partial charge in [0.25, 0.3) is 0 Å². The fourth-order valence-corrected chi connectivity index (χ4v) is 2.41. The van der Waals surface area contributed by atoms with Crippen molar-refractivity contribution in [2.45, 2.75) is 39.2 Å². The maximum absolute atomic E-state index is 3.88. The molecule has 0 aromatic carbocycles. The van der Waals surface area contributed by atoms with E-state index >= 15 is 0 Å². The summed E-state index contributed by atoms with van der Waals surface area (Å²) in [5.74, 6) is 0. The van der Waals surface area contributed by atoms with Gasteiger partial charge in [0.1, 0.15) is 0 Å². The second-order valence-electron chi connectivity index (χ2n) is 3.11. The maximum atomic E-state index is 3.88. The molecular weight excluding hydrogens is 209 g/mol. The minimum atomic E-state index is 0.618. The first-order valence-corrected chi connectivity index (χ1v) is 6.60. The van der Waals surface area contributed by atoms with Gasteiger partial charge in [-0.1, -0.05) is 0 Å². The van der Waals surface area contributed by atoms with Gasteiger partial charge in [0, 0.05) is 0 Å². The molecule has 1 nitrogen and oxygen atoms in total. The van der Waals surface area contributed by atoms with Crippen molar-refractivity contribution in [1.29, 1.82) is 0 Å². The van der Waals surface area contributed by atoms with E-state index in [2.05, 4.69) is 40.2 Å². The average Bonchev–Trinajstić information content (AvgIpc) is 2.04. The van der Waals surface area contributed by atoms with Crippen LogP contribution in [-0.4, -0.2) is 17.3 Å². The Balaban J connectivity index is 3.44. The molecule has 0 fully saturated rings. The first-order valence-electron chi connectivity index (χ1n) is 4.40. The summed E-state index contributed by atoms with van der Waals surface area (Å²) in [4.78, 5) is 0. The van der Waals surface area contributed by atoms with E-state index in [9.17, 15) is 0 Å². The van der Waals surface area contributed by atoms with Gasteiger partial charge < -0.3 is 0 Å². The van der Waals surface area contributed by atoms with Crippen LogP contribution in [0.3, 0.4) is 0 Å². The van der Waals surface area contributed by atoms with Gasteiger partial charge in [-0.15, -0.1) is 0 Å². The first kappa shape index (κ1) is 12.5. The number of allylic oxidation sites excluding steroid dienone is 1. The van der Waals surface area contributed by atoms with Crippen LogP contribution >= 0.6 is 6.98 Å². The Hall–Kier alpha value is 0.519. The molecule has 0 saturated carbocycles. The van der Waals surface area contributed by atoms with Crippen LogP contribution in [0, 0.1) is 0 Å². The molecule has 0 rings (SSSR count). The van der Waals surface area contributed by atoms with E-state index in [-0.39, 0.29) is 0 Å². The molecule has 3 heteroatoms. The van der Waals surface area contributed by atoms with E-state index < -0.39 is 0 Å². The summed E-state index contributed by atoms with van der Waals surface area (Å²) in [6, 6.07) is 0.618. The average molecular weight is 227 g/mol. The van der Waals surface area contributed by atoms with Crippen molar-refractivity contribution >= 4 is 6.98 Å². The van der Waals surface area contributed by atoms with E-state index in [0.717, 1.165) is 19.9 Å². The summed E-state index contributed by atoms with van der Waals surface area (Å²) in [6.45, 7) is 10.4. The van der Waals surface area contributed by atoms with Crippen LogP contribution in [0.4, 0.5) is 0 Å². The van der Waals surface area contributed by atoms with Gasteiger partial charge in [-0.05, 0) is 0 Å². The molecule has 0 aliphatic rings. The van der Waals surface area contributed by atoms with Crippen molar-refractivity contribution in [3.05, 3.63) is 12.7 Å². The molecule has 0 unspecified atom stereocenters. The normalized spacial score (nSPS) is 11.4. The summed E-state index contributed by atoms with van der Waals surface area (Å²) in [6.07, 6.45) is 5.64. The number of hydrogen-bond donors (Lipinski definition) is 0. The monoisotopic (exact) mass is 227 g/mol. The Morgan fingerprint density at radius 3 is 2.58 bits per heavy atom. The van der Waals surface area contributed by atoms with Gasteiger partial charge in [0.05, 0.1) is 0 Å². The topological polar surface area (TPSA) is 3.24 Å². The van der Waals surface area contributed by atoms with Crippen LogP contribution < -0.4 is 0 Å². The van der Waals surface area contributed by atoms with Gasteiger partial charge in [0.2, 0.25) is 0 Å². The standard InChI is InChI=1S/C9H18NP.Fe/c1-4-5-6-7-8-10(11)9(2)3;/h4,9H,1,5-8H2,2-3H3;. The summed E-state index contributed by atoms with van der Waals surface area (Å²) in [5.41, 5.74) is 0. The molecule has 0 heterocycles. The molecule has 72 valence electrons. The Bertz CT molecular complexity index is 136. The molecule has 0 bridgehead atoms. The summed E-state index contributed by atoms with van der Waals surface area (Å²) in [7, 11) is 0. The Morgan fingerprint density at radius 1 is 1.50 bits per heavy atom. The molecule has 0 atom stereocenters. The number of unbranched alkanes of at least 4 members (excludes halogenated alkanes) is 2. The van der Waals surface area contributed by atoms with Crippen molar-refractivity contribution < 1.29 is 15.1 Å². The van der Waals surface area contributed by atoms with Crippen LogP contribution in [0.1, 0.15) is 33.1 Å². The van der Waals surface area contributed by atoms with Crippen LogP contribution in [0.5, 0.6) is 0 Å². The molecule has 0 aliphatic carbocycles. The third-order valence-corrected chi connectivity index (χ3v) is 3.43. The van der Waals surface area contributed by atoms with Crippen LogP contribution in [0.25, 0.3) is 0 Å². The number of hydrogen-bond acceptors (Lipinski definition) is 1. The van der Waals surface area contributed by atoms with Crippen molar-refractivity contribution in [1.82, 2.24) is 4.67 Å². The first-order chi connectivity index (χ1) is 5.72. The molecule has 0 radical (unpaired) electrons. The van der Waals surface area contributed by atoms with Gasteiger partial charge >= 0.3 is 85.1 Å². The molecule has 0 saturated heterocycles. The fraction of sp³-hybridized carbons (Fsp3) is 0.778. The fourth-order valence-electron chi connectivity index (χ4n) is 0.938. The number of nitrogens with zero attached hydrogens (tertiary/aromatic N) is 1. The summed E-state index contributed by atoms with van der Waals surface area (Å²) in [5, 5.41) is 0. The number of rotatable bonds is 7. The second-order valence-corrected chi connectivity index (χ2v) is 4.43. The zero-order chi connectivity index (χ0) is 9.40. The van der Waals surface area contributed by atoms with Crippen molar-refractivity contribution in [2.75, 3.05) is 6.54 Å². The molecule has 0 aromatic heterocycles. The van der Waals surface area contributed by atoms with E-state index in [0.29, 0.717) is 6.04 Å². The Morgan fingerprint density at radius 2 is 2.17 bits per heavy atom. The van der Waals surface area contributed by atoms with Gasteiger partial charge in [0.15, 0.2) is 0 Å². The molecule has 0 amide bonds. The van der Waals surface area contributed by atoms with Crippen LogP contribution in [0.15, 0.2) is 12.7 Å². The quantitative estimate of drug-likeness (QED) is 0.279. The van der Waals surface area contributed by atoms with Crippen LogP contribution in [-0.2, 0) is 15.1 Å². The van der Waals surface area contributed by atoms with E-state index in [1.165, 1.54) is 12.8 Å². The third-order valence-electron chi connectivity index (χ3n) is 1.73. The van der Waals surface area contributed by atoms with Gasteiger partial charge in [-0.25, -0.2) is 0 Å². The van der Waals surface area contributed by atoms with Gasteiger partial charge in [-0.2, -0.15) is 0 Å². The van der Waals surface area contributed by atoms with Gasteiger partial charge in [-0.3, -0.25) is 0 Å². The molecule has 12 heavy (non-hydrogen) atoms. The molecule has 0 N–H and O–H groups in total. The summed E-state index contributed by atoms with van der Waals surface area (Å²) >= 11 is 3.88. The SMILES string of the molecule is C=CCCCCN([P]=[Fe])C(C)C. The predicted molar refractivity (Wildman–Crippen MR) is 52.8 cm³/mol. The summed E-state index contributed by atoms with van der Waals surface area (Å²) < 4.78 is 2.36. The van der Waals surface area contributed by atoms with Crippen LogP contribution in [0.2, 0.25) is 0 Å². The molecule has 0 aromatic rings. The Labute approximate surface area is 85.3 Å². The molecular formula is C9H18FeNP. The van der Waals surface area contributed by atoms with Crippen molar-refractivity contribution in [3.63, 3.8) is 0 Å². The van der Waals surface area contributed by atoms with E-state index in [1.807, 2.05) is 6.08 Å². The Kier molecular flexibility index (Phi) is 8.49. The third kappa shape index (κ3) is 6.08. The zero-order valence-corrected chi connectivity index (χ0v) is 9.94.